The van der Waals surface area contributed by atoms with E-state index in [1.165, 1.54) is 75.3 Å². The highest BCUT2D eigenvalue weighted by atomic mass is 16.5. The van der Waals surface area contributed by atoms with E-state index in [-0.39, 0.29) is 0 Å². The van der Waals surface area contributed by atoms with Crippen LogP contribution in [0.5, 0.6) is 5.75 Å². The van der Waals surface area contributed by atoms with Crippen LogP contribution in [0, 0.1) is 0 Å². The second-order valence-corrected chi connectivity index (χ2v) is 8.41. The van der Waals surface area contributed by atoms with Gasteiger partial charge in [0.2, 0.25) is 0 Å². The molecule has 1 aromatic carbocycles. The fourth-order valence-corrected chi connectivity index (χ4v) is 4.06. The summed E-state index contributed by atoms with van der Waals surface area (Å²) in [6.45, 7) is 2.23. The Hall–Kier alpha value is -1.77. The van der Waals surface area contributed by atoms with Gasteiger partial charge in [-0.3, -0.25) is 0 Å². The number of benzene rings is 1. The molecule has 0 aromatic heterocycles. The molecule has 1 N–H and O–H groups in total. The number of allylic oxidation sites excluding steroid dienone is 2. The Morgan fingerprint density at radius 3 is 2.28 bits per heavy atom. The van der Waals surface area contributed by atoms with Gasteiger partial charge >= 0.3 is 5.97 Å². The Morgan fingerprint density at radius 2 is 1.59 bits per heavy atom. The minimum atomic E-state index is -0.861. The molecule has 1 aromatic rings. The fourth-order valence-electron chi connectivity index (χ4n) is 4.06. The number of rotatable bonds is 13. The summed E-state index contributed by atoms with van der Waals surface area (Å²) < 4.78 is 5.80. The maximum atomic E-state index is 11.6. The second kappa shape index (κ2) is 14.3. The summed E-state index contributed by atoms with van der Waals surface area (Å²) in [5, 5.41) is 9.52. The lowest BCUT2D eigenvalue weighted by molar-refractivity contribution is -0.145. The van der Waals surface area contributed by atoms with E-state index in [1.807, 2.05) is 12.1 Å². The summed E-state index contributed by atoms with van der Waals surface area (Å²) in [6.07, 6.45) is 19.4. The van der Waals surface area contributed by atoms with Gasteiger partial charge in [-0.25, -0.2) is 4.79 Å². The summed E-state index contributed by atoms with van der Waals surface area (Å²) in [4.78, 5) is 11.6. The molecule has 0 saturated heterocycles. The van der Waals surface area contributed by atoms with Crippen LogP contribution in [-0.2, 0) is 4.79 Å². The molecule has 2 rings (SSSR count). The molecule has 0 fully saturated rings. The molecule has 0 radical (unpaired) electrons. The maximum Gasteiger partial charge on any atom is 0.344 e. The number of hydrogen-bond donors (Lipinski definition) is 1. The predicted octanol–water partition coefficient (Wildman–Crippen LogP) is 7.79. The largest absolute Gasteiger partial charge is 0.479 e. The first-order chi connectivity index (χ1) is 14.2. The summed E-state index contributed by atoms with van der Waals surface area (Å²) in [5.41, 5.74) is 2.67. The Balaban J connectivity index is 1.77. The lowest BCUT2D eigenvalue weighted by Gasteiger charge is -2.16. The highest BCUT2D eigenvalue weighted by molar-refractivity contribution is 5.72. The van der Waals surface area contributed by atoms with Gasteiger partial charge in [0.25, 0.3) is 0 Å². The van der Waals surface area contributed by atoms with Crippen LogP contribution in [0.2, 0.25) is 0 Å². The quantitative estimate of drug-likeness (QED) is 0.344. The lowest BCUT2D eigenvalue weighted by atomic mass is 9.95. The zero-order chi connectivity index (χ0) is 20.7. The van der Waals surface area contributed by atoms with Crippen LogP contribution in [0.4, 0.5) is 0 Å². The van der Waals surface area contributed by atoms with Crippen molar-refractivity contribution >= 4 is 11.5 Å². The monoisotopic (exact) mass is 400 g/mol. The van der Waals surface area contributed by atoms with Gasteiger partial charge < -0.3 is 9.84 Å². The Kier molecular flexibility index (Phi) is 11.6. The molecule has 0 aliphatic heterocycles. The standard InChI is InChI=1S/C26H40O3/c1-2-3-4-5-6-7-11-14-17-25(26(27)28)29-24-20-18-23(19-21-24)22-15-12-9-8-10-13-16-22/h15,18-21,25H,2-14,16-17H2,1H3,(H,27,28)/b22-15+. The zero-order valence-electron chi connectivity index (χ0n) is 18.3. The number of aliphatic carboxylic acids is 1. The molecule has 0 spiro atoms. The fraction of sp³-hybridized carbons (Fsp3) is 0.654. The zero-order valence-corrected chi connectivity index (χ0v) is 18.3. The molecule has 0 bridgehead atoms. The van der Waals surface area contributed by atoms with Crippen molar-refractivity contribution in [3.63, 3.8) is 0 Å². The third-order valence-corrected chi connectivity index (χ3v) is 5.89. The number of carboxylic acids is 1. The molecular formula is C26H40O3. The average Bonchev–Trinajstić information content (AvgIpc) is 2.69. The van der Waals surface area contributed by atoms with Crippen molar-refractivity contribution < 1.29 is 14.6 Å². The summed E-state index contributed by atoms with van der Waals surface area (Å²) in [5.74, 6) is -0.202. The van der Waals surface area contributed by atoms with Crippen molar-refractivity contribution in [2.75, 3.05) is 0 Å². The van der Waals surface area contributed by atoms with Gasteiger partial charge in [-0.2, -0.15) is 0 Å². The minimum Gasteiger partial charge on any atom is -0.479 e. The third kappa shape index (κ3) is 9.51. The van der Waals surface area contributed by atoms with Crippen LogP contribution in [0.15, 0.2) is 30.3 Å². The number of carboxylic acid groups (broad SMARTS) is 1. The average molecular weight is 401 g/mol. The lowest BCUT2D eigenvalue weighted by Crippen LogP contribution is -2.26. The van der Waals surface area contributed by atoms with E-state index >= 15 is 0 Å². The number of carbonyl (C=O) groups is 1. The van der Waals surface area contributed by atoms with Crippen molar-refractivity contribution in [3.05, 3.63) is 35.9 Å². The third-order valence-electron chi connectivity index (χ3n) is 5.89. The van der Waals surface area contributed by atoms with Crippen molar-refractivity contribution in [1.29, 1.82) is 0 Å². The molecule has 0 saturated carbocycles. The molecule has 3 heteroatoms. The Morgan fingerprint density at radius 1 is 0.931 bits per heavy atom. The molecule has 1 aliphatic carbocycles. The molecule has 1 unspecified atom stereocenters. The first kappa shape index (κ1) is 23.5. The van der Waals surface area contributed by atoms with E-state index < -0.39 is 12.1 Å². The minimum absolute atomic E-state index is 0.581. The molecule has 1 atom stereocenters. The van der Waals surface area contributed by atoms with Gasteiger partial charge in [0.05, 0.1) is 0 Å². The highest BCUT2D eigenvalue weighted by Crippen LogP contribution is 2.27. The Bertz CT molecular complexity index is 603. The van der Waals surface area contributed by atoms with Crippen molar-refractivity contribution in [3.8, 4) is 5.75 Å². The molecule has 1 aliphatic rings. The summed E-state index contributed by atoms with van der Waals surface area (Å²) in [7, 11) is 0. The van der Waals surface area contributed by atoms with E-state index in [1.54, 1.807) is 0 Å². The van der Waals surface area contributed by atoms with Crippen LogP contribution >= 0.6 is 0 Å². The van der Waals surface area contributed by atoms with Crippen LogP contribution in [0.1, 0.15) is 109 Å². The molecule has 29 heavy (non-hydrogen) atoms. The maximum absolute atomic E-state index is 11.6. The smallest absolute Gasteiger partial charge is 0.344 e. The predicted molar refractivity (Wildman–Crippen MR) is 121 cm³/mol. The van der Waals surface area contributed by atoms with E-state index in [2.05, 4.69) is 25.1 Å². The number of hydrogen-bond acceptors (Lipinski definition) is 2. The van der Waals surface area contributed by atoms with Gasteiger partial charge in [-0.05, 0) is 61.8 Å². The first-order valence-corrected chi connectivity index (χ1v) is 11.9. The summed E-state index contributed by atoms with van der Waals surface area (Å²) >= 11 is 0. The second-order valence-electron chi connectivity index (χ2n) is 8.41. The van der Waals surface area contributed by atoms with Crippen LogP contribution in [0.25, 0.3) is 5.57 Å². The van der Waals surface area contributed by atoms with Crippen molar-refractivity contribution in [2.45, 2.75) is 109 Å². The topological polar surface area (TPSA) is 46.5 Å². The Labute approximate surface area is 177 Å². The van der Waals surface area contributed by atoms with Crippen molar-refractivity contribution in [1.82, 2.24) is 0 Å². The number of ether oxygens (including phenoxy) is 1. The molecular weight excluding hydrogens is 360 g/mol. The normalized spacial score (nSPS) is 17.6. The van der Waals surface area contributed by atoms with E-state index in [0.29, 0.717) is 12.2 Å². The van der Waals surface area contributed by atoms with E-state index in [4.69, 9.17) is 4.74 Å². The molecule has 3 nitrogen and oxygen atoms in total. The molecule has 0 heterocycles. The highest BCUT2D eigenvalue weighted by Gasteiger charge is 2.19. The van der Waals surface area contributed by atoms with Gasteiger partial charge in [0, 0.05) is 0 Å². The van der Waals surface area contributed by atoms with Crippen LogP contribution in [0.3, 0.4) is 0 Å². The molecule has 0 amide bonds. The van der Waals surface area contributed by atoms with Gasteiger partial charge in [-0.1, -0.05) is 82.9 Å². The van der Waals surface area contributed by atoms with Crippen LogP contribution < -0.4 is 4.74 Å². The van der Waals surface area contributed by atoms with Gasteiger partial charge in [0.1, 0.15) is 5.75 Å². The van der Waals surface area contributed by atoms with Gasteiger partial charge in [-0.15, -0.1) is 0 Å². The van der Waals surface area contributed by atoms with Crippen molar-refractivity contribution in [2.24, 2.45) is 0 Å². The van der Waals surface area contributed by atoms with E-state index in [9.17, 15) is 9.90 Å². The van der Waals surface area contributed by atoms with Crippen LogP contribution in [-0.4, -0.2) is 17.2 Å². The first-order valence-electron chi connectivity index (χ1n) is 11.9. The number of unbranched alkanes of at least 4 members (excludes halogenated alkanes) is 7. The summed E-state index contributed by atoms with van der Waals surface area (Å²) in [6, 6.07) is 8.02. The SMILES string of the molecule is CCCCCCCCCCC(Oc1ccc(/C2=C/CCCCCC2)cc1)C(=O)O. The molecule has 162 valence electrons. The van der Waals surface area contributed by atoms with Gasteiger partial charge in [0.15, 0.2) is 6.10 Å². The van der Waals surface area contributed by atoms with E-state index in [0.717, 1.165) is 25.7 Å².